The molecule has 2 amide bonds. The van der Waals surface area contributed by atoms with Gasteiger partial charge in [0.2, 0.25) is 5.91 Å². The van der Waals surface area contributed by atoms with Crippen LogP contribution in [0.5, 0.6) is 0 Å². The third-order valence-corrected chi connectivity index (χ3v) is 5.77. The molecule has 3 heterocycles. The van der Waals surface area contributed by atoms with Gasteiger partial charge in [-0.3, -0.25) is 9.59 Å². The van der Waals surface area contributed by atoms with Crippen LogP contribution >= 0.6 is 0 Å². The second-order valence-electron chi connectivity index (χ2n) is 7.60. The number of likely N-dealkylation sites (tertiary alicyclic amines) is 1. The molecule has 0 saturated carbocycles. The molecule has 1 aromatic carbocycles. The summed E-state index contributed by atoms with van der Waals surface area (Å²) in [5.41, 5.74) is 1.57. The van der Waals surface area contributed by atoms with Crippen LogP contribution in [0.15, 0.2) is 30.3 Å². The monoisotopic (exact) mass is 368 g/mol. The summed E-state index contributed by atoms with van der Waals surface area (Å²) >= 11 is 0. The maximum Gasteiger partial charge on any atom is 0.270 e. The number of fused-ring (bicyclic) bond motifs is 1. The van der Waals surface area contributed by atoms with Gasteiger partial charge >= 0.3 is 0 Å². The summed E-state index contributed by atoms with van der Waals surface area (Å²) in [6.45, 7) is 5.72. The van der Waals surface area contributed by atoms with Crippen molar-refractivity contribution in [1.29, 1.82) is 0 Å². The van der Waals surface area contributed by atoms with Crippen molar-refractivity contribution in [3.63, 3.8) is 0 Å². The van der Waals surface area contributed by atoms with Crippen molar-refractivity contribution in [2.45, 2.75) is 25.7 Å². The van der Waals surface area contributed by atoms with Crippen molar-refractivity contribution in [2.75, 3.05) is 45.8 Å². The number of amides is 2. The molecule has 2 fully saturated rings. The lowest BCUT2D eigenvalue weighted by Crippen LogP contribution is -2.41. The van der Waals surface area contributed by atoms with Gasteiger partial charge in [-0.15, -0.1) is 0 Å². The first-order chi connectivity index (χ1) is 13.2. The number of nitrogens with one attached hydrogen (secondary N) is 1. The standard InChI is InChI=1S/C21H28N4O2/c26-20-8-11-25(15-14-24(20)13-12-23-9-4-1-5-10-23)21(27)19-16-17-6-2-3-7-18(17)22-19/h2-3,6-7,16,22H,1,4-5,8-15H2. The van der Waals surface area contributed by atoms with Gasteiger partial charge in [-0.1, -0.05) is 24.6 Å². The van der Waals surface area contributed by atoms with Crippen LogP contribution in [-0.2, 0) is 4.79 Å². The highest BCUT2D eigenvalue weighted by atomic mass is 16.2. The number of aromatic amines is 1. The van der Waals surface area contributed by atoms with Gasteiger partial charge in [0, 0.05) is 50.0 Å². The molecule has 0 spiro atoms. The van der Waals surface area contributed by atoms with Crippen LogP contribution in [0.25, 0.3) is 10.9 Å². The van der Waals surface area contributed by atoms with Gasteiger partial charge in [-0.05, 0) is 38.1 Å². The summed E-state index contributed by atoms with van der Waals surface area (Å²) in [7, 11) is 0. The predicted molar refractivity (Wildman–Crippen MR) is 106 cm³/mol. The molecule has 2 saturated heterocycles. The molecule has 1 aromatic heterocycles. The van der Waals surface area contributed by atoms with E-state index in [4.69, 9.17) is 0 Å². The fourth-order valence-electron chi connectivity index (χ4n) is 4.11. The molecule has 0 radical (unpaired) electrons. The Hall–Kier alpha value is -2.34. The van der Waals surface area contributed by atoms with E-state index < -0.39 is 0 Å². The minimum atomic E-state index is -0.0168. The van der Waals surface area contributed by atoms with Crippen molar-refractivity contribution in [3.05, 3.63) is 36.0 Å². The topological polar surface area (TPSA) is 59.7 Å². The molecule has 6 nitrogen and oxygen atoms in total. The first-order valence-corrected chi connectivity index (χ1v) is 10.1. The number of H-pyrrole nitrogens is 1. The number of aromatic nitrogens is 1. The van der Waals surface area contributed by atoms with Crippen LogP contribution in [0.2, 0.25) is 0 Å². The Bertz CT molecular complexity index is 776. The van der Waals surface area contributed by atoms with Crippen LogP contribution in [0.4, 0.5) is 0 Å². The largest absolute Gasteiger partial charge is 0.351 e. The van der Waals surface area contributed by atoms with Gasteiger partial charge in [0.1, 0.15) is 5.69 Å². The molecule has 2 aromatic rings. The molecule has 6 heteroatoms. The fourth-order valence-corrected chi connectivity index (χ4v) is 4.11. The summed E-state index contributed by atoms with van der Waals surface area (Å²) in [6.07, 6.45) is 4.26. The molecule has 144 valence electrons. The van der Waals surface area contributed by atoms with E-state index in [0.717, 1.165) is 37.1 Å². The van der Waals surface area contributed by atoms with Crippen molar-refractivity contribution in [3.8, 4) is 0 Å². The SMILES string of the molecule is O=C1CCN(C(=O)c2cc3ccccc3[nH]2)CCN1CCN1CCCCC1. The molecule has 27 heavy (non-hydrogen) atoms. The van der Waals surface area contributed by atoms with E-state index in [2.05, 4.69) is 9.88 Å². The minimum Gasteiger partial charge on any atom is -0.351 e. The van der Waals surface area contributed by atoms with Crippen LogP contribution in [0.3, 0.4) is 0 Å². The zero-order chi connectivity index (χ0) is 18.6. The first-order valence-electron chi connectivity index (χ1n) is 10.1. The van der Waals surface area contributed by atoms with E-state index in [1.165, 1.54) is 19.3 Å². The predicted octanol–water partition coefficient (Wildman–Crippen LogP) is 2.33. The van der Waals surface area contributed by atoms with Gasteiger partial charge < -0.3 is 19.7 Å². The van der Waals surface area contributed by atoms with Gasteiger partial charge in [-0.25, -0.2) is 0 Å². The number of para-hydroxylation sites is 1. The molecular formula is C21H28N4O2. The van der Waals surface area contributed by atoms with Crippen molar-refractivity contribution in [1.82, 2.24) is 19.7 Å². The van der Waals surface area contributed by atoms with E-state index in [1.54, 1.807) is 0 Å². The second-order valence-corrected chi connectivity index (χ2v) is 7.60. The Morgan fingerprint density at radius 2 is 1.78 bits per heavy atom. The normalized spacial score (nSPS) is 19.5. The zero-order valence-electron chi connectivity index (χ0n) is 15.8. The van der Waals surface area contributed by atoms with Gasteiger partial charge in [0.25, 0.3) is 5.91 Å². The third-order valence-electron chi connectivity index (χ3n) is 5.77. The average Bonchev–Trinajstić information content (AvgIpc) is 3.05. The molecule has 2 aliphatic heterocycles. The Labute approximate surface area is 160 Å². The highest BCUT2D eigenvalue weighted by Gasteiger charge is 2.25. The smallest absolute Gasteiger partial charge is 0.270 e. The lowest BCUT2D eigenvalue weighted by atomic mass is 10.1. The molecule has 4 rings (SSSR count). The van der Waals surface area contributed by atoms with Gasteiger partial charge in [-0.2, -0.15) is 0 Å². The van der Waals surface area contributed by atoms with Crippen LogP contribution in [0.1, 0.15) is 36.2 Å². The van der Waals surface area contributed by atoms with E-state index in [9.17, 15) is 9.59 Å². The van der Waals surface area contributed by atoms with E-state index in [-0.39, 0.29) is 11.8 Å². The number of benzene rings is 1. The Morgan fingerprint density at radius 3 is 2.59 bits per heavy atom. The molecule has 0 bridgehead atoms. The van der Waals surface area contributed by atoms with Crippen LogP contribution in [-0.4, -0.2) is 77.3 Å². The van der Waals surface area contributed by atoms with Gasteiger partial charge in [0.05, 0.1) is 0 Å². The highest BCUT2D eigenvalue weighted by Crippen LogP contribution is 2.17. The van der Waals surface area contributed by atoms with E-state index in [0.29, 0.717) is 31.7 Å². The number of hydrogen-bond donors (Lipinski definition) is 1. The molecule has 0 unspecified atom stereocenters. The van der Waals surface area contributed by atoms with Crippen molar-refractivity contribution >= 4 is 22.7 Å². The summed E-state index contributed by atoms with van der Waals surface area (Å²) in [5, 5.41) is 1.04. The molecule has 0 aliphatic carbocycles. The summed E-state index contributed by atoms with van der Waals surface area (Å²) in [5.74, 6) is 0.149. The Balaban J connectivity index is 1.36. The summed E-state index contributed by atoms with van der Waals surface area (Å²) in [6, 6.07) is 9.79. The van der Waals surface area contributed by atoms with Crippen LogP contribution in [0, 0.1) is 0 Å². The second kappa shape index (κ2) is 8.13. The van der Waals surface area contributed by atoms with E-state index >= 15 is 0 Å². The maximum atomic E-state index is 12.9. The zero-order valence-corrected chi connectivity index (χ0v) is 15.8. The number of carbonyl (C=O) groups excluding carboxylic acids is 2. The van der Waals surface area contributed by atoms with Crippen molar-refractivity contribution < 1.29 is 9.59 Å². The number of rotatable bonds is 4. The van der Waals surface area contributed by atoms with Crippen molar-refractivity contribution in [2.24, 2.45) is 0 Å². The molecule has 1 N–H and O–H groups in total. The lowest BCUT2D eigenvalue weighted by molar-refractivity contribution is -0.130. The van der Waals surface area contributed by atoms with Gasteiger partial charge in [0.15, 0.2) is 0 Å². The number of piperidine rings is 1. The quantitative estimate of drug-likeness (QED) is 0.901. The third kappa shape index (κ3) is 4.16. The number of nitrogens with zero attached hydrogens (tertiary/aromatic N) is 3. The number of carbonyl (C=O) groups is 2. The highest BCUT2D eigenvalue weighted by molar-refractivity contribution is 5.98. The lowest BCUT2D eigenvalue weighted by Gasteiger charge is -2.29. The summed E-state index contributed by atoms with van der Waals surface area (Å²) in [4.78, 5) is 34.8. The Kier molecular flexibility index (Phi) is 5.43. The minimum absolute atomic E-state index is 0.0168. The molecule has 0 atom stereocenters. The van der Waals surface area contributed by atoms with Crippen LogP contribution < -0.4 is 0 Å². The maximum absolute atomic E-state index is 12.9. The molecule has 2 aliphatic rings. The average molecular weight is 368 g/mol. The van der Waals surface area contributed by atoms with E-state index in [1.807, 2.05) is 40.1 Å². The first kappa shape index (κ1) is 18.0. The fraction of sp³-hybridized carbons (Fsp3) is 0.524. The number of hydrogen-bond acceptors (Lipinski definition) is 3. The summed E-state index contributed by atoms with van der Waals surface area (Å²) < 4.78 is 0. The molecular weight excluding hydrogens is 340 g/mol. The Morgan fingerprint density at radius 1 is 0.963 bits per heavy atom.